The van der Waals surface area contributed by atoms with E-state index in [1.807, 2.05) is 22.6 Å². The highest BCUT2D eigenvalue weighted by Crippen LogP contribution is 2.22. The number of hydrogen-bond donors (Lipinski definition) is 0. The van der Waals surface area contributed by atoms with Gasteiger partial charge in [-0.05, 0) is 22.6 Å². The Morgan fingerprint density at radius 3 is 2.64 bits per heavy atom. The molecule has 1 aromatic heterocycles. The first-order valence-corrected chi connectivity index (χ1v) is 4.71. The molecule has 0 saturated carbocycles. The Bertz CT molecular complexity index is 315. The number of nitrogens with zero attached hydrogens (tertiary/aromatic N) is 3. The first kappa shape index (κ1) is 11.5. The van der Waals surface area contributed by atoms with Gasteiger partial charge in [0.25, 0.3) is 0 Å². The Balaban J connectivity index is 2.80. The molecule has 0 saturated heterocycles. The predicted octanol–water partition coefficient (Wildman–Crippen LogP) is 2.08. The van der Waals surface area contributed by atoms with Crippen molar-refractivity contribution >= 4 is 28.4 Å². The summed E-state index contributed by atoms with van der Waals surface area (Å²) in [7, 11) is 1.35. The molecule has 0 aliphatic rings. The van der Waals surface area contributed by atoms with Crippen LogP contribution in [0.25, 0.3) is 0 Å². The molecule has 3 nitrogen and oxygen atoms in total. The van der Waals surface area contributed by atoms with E-state index < -0.39 is 12.7 Å². The highest BCUT2D eigenvalue weighted by Gasteiger charge is 2.30. The van der Waals surface area contributed by atoms with E-state index in [0.29, 0.717) is 3.57 Å². The van der Waals surface area contributed by atoms with Gasteiger partial charge in [0.15, 0.2) is 0 Å². The van der Waals surface area contributed by atoms with Crippen LogP contribution in [0.3, 0.4) is 0 Å². The fourth-order valence-corrected chi connectivity index (χ4v) is 1.64. The van der Waals surface area contributed by atoms with E-state index in [1.54, 1.807) is 0 Å². The minimum atomic E-state index is -4.22. The monoisotopic (exact) mass is 317 g/mol. The van der Waals surface area contributed by atoms with Crippen molar-refractivity contribution in [2.24, 2.45) is 0 Å². The van der Waals surface area contributed by atoms with Crippen LogP contribution in [-0.4, -0.2) is 29.7 Å². The molecular weight excluding hydrogens is 310 g/mol. The third-order valence-corrected chi connectivity index (χ3v) is 2.19. The van der Waals surface area contributed by atoms with E-state index in [-0.39, 0.29) is 5.82 Å². The lowest BCUT2D eigenvalue weighted by atomic mass is 10.5. The van der Waals surface area contributed by atoms with Crippen molar-refractivity contribution in [3.63, 3.8) is 0 Å². The van der Waals surface area contributed by atoms with E-state index in [9.17, 15) is 13.2 Å². The van der Waals surface area contributed by atoms with E-state index in [0.717, 1.165) is 4.90 Å². The molecule has 0 bridgehead atoms. The van der Waals surface area contributed by atoms with Gasteiger partial charge in [-0.1, -0.05) is 0 Å². The van der Waals surface area contributed by atoms with Crippen LogP contribution in [0, 0.1) is 3.57 Å². The van der Waals surface area contributed by atoms with E-state index >= 15 is 0 Å². The van der Waals surface area contributed by atoms with Crippen LogP contribution >= 0.6 is 22.6 Å². The fraction of sp³-hybridized carbons (Fsp3) is 0.429. The van der Waals surface area contributed by atoms with Crippen molar-refractivity contribution in [2.75, 3.05) is 18.5 Å². The lowest BCUT2D eigenvalue weighted by Gasteiger charge is -2.20. The van der Waals surface area contributed by atoms with Gasteiger partial charge in [-0.15, -0.1) is 0 Å². The maximum absolute atomic E-state index is 12.0. The molecular formula is C7H7F3IN3. The third kappa shape index (κ3) is 3.28. The van der Waals surface area contributed by atoms with Crippen molar-refractivity contribution in [2.45, 2.75) is 6.18 Å². The van der Waals surface area contributed by atoms with Crippen LogP contribution < -0.4 is 4.90 Å². The Kier molecular flexibility index (Phi) is 3.51. The van der Waals surface area contributed by atoms with Gasteiger partial charge >= 0.3 is 6.18 Å². The molecule has 0 radical (unpaired) electrons. The Hall–Kier alpha value is -0.600. The lowest BCUT2D eigenvalue weighted by Crippen LogP contribution is -2.31. The number of aromatic nitrogens is 2. The highest BCUT2D eigenvalue weighted by atomic mass is 127. The summed E-state index contributed by atoms with van der Waals surface area (Å²) < 4.78 is 36.7. The summed E-state index contributed by atoms with van der Waals surface area (Å²) >= 11 is 1.89. The second-order valence-corrected chi connectivity index (χ2v) is 3.83. The molecule has 1 heterocycles. The van der Waals surface area contributed by atoms with Crippen LogP contribution in [0.2, 0.25) is 0 Å². The molecule has 0 N–H and O–H groups in total. The molecule has 0 aromatic carbocycles. The number of rotatable bonds is 2. The van der Waals surface area contributed by atoms with Crippen LogP contribution in [0.1, 0.15) is 0 Å². The minimum absolute atomic E-state index is 0.290. The topological polar surface area (TPSA) is 29.0 Å². The van der Waals surface area contributed by atoms with Crippen molar-refractivity contribution in [1.29, 1.82) is 0 Å². The Morgan fingerprint density at radius 2 is 2.14 bits per heavy atom. The zero-order valence-corrected chi connectivity index (χ0v) is 9.37. The molecule has 0 aliphatic heterocycles. The standard InChI is InChI=1S/C7H7F3IN3/c1-14(3-7(8,9)10)6-5(11)2-12-4-13-6/h2,4H,3H2,1H3. The molecule has 1 rings (SSSR count). The molecule has 0 amide bonds. The summed E-state index contributed by atoms with van der Waals surface area (Å²) in [5.74, 6) is 0.290. The van der Waals surface area contributed by atoms with Gasteiger partial charge in [0.2, 0.25) is 0 Å². The number of anilines is 1. The largest absolute Gasteiger partial charge is 0.405 e. The van der Waals surface area contributed by atoms with Gasteiger partial charge in [0, 0.05) is 13.2 Å². The molecule has 14 heavy (non-hydrogen) atoms. The maximum atomic E-state index is 12.0. The van der Waals surface area contributed by atoms with Crippen LogP contribution in [0.5, 0.6) is 0 Å². The summed E-state index contributed by atoms with van der Waals surface area (Å²) in [6.45, 7) is -1.01. The summed E-state index contributed by atoms with van der Waals surface area (Å²) in [5.41, 5.74) is 0. The predicted molar refractivity (Wildman–Crippen MR) is 54.1 cm³/mol. The highest BCUT2D eigenvalue weighted by molar-refractivity contribution is 14.1. The van der Waals surface area contributed by atoms with Gasteiger partial charge in [-0.25, -0.2) is 9.97 Å². The summed E-state index contributed by atoms with van der Waals surface area (Å²) in [6, 6.07) is 0. The van der Waals surface area contributed by atoms with Crippen molar-refractivity contribution in [1.82, 2.24) is 9.97 Å². The molecule has 0 unspecified atom stereocenters. The Labute approximate surface area is 92.5 Å². The smallest absolute Gasteiger partial charge is 0.350 e. The molecule has 78 valence electrons. The number of halogens is 4. The molecule has 0 aliphatic carbocycles. The zero-order valence-electron chi connectivity index (χ0n) is 7.22. The van der Waals surface area contributed by atoms with E-state index in [2.05, 4.69) is 9.97 Å². The Morgan fingerprint density at radius 1 is 1.50 bits per heavy atom. The molecule has 0 atom stereocenters. The first-order valence-electron chi connectivity index (χ1n) is 3.63. The molecule has 1 aromatic rings. The van der Waals surface area contributed by atoms with Crippen molar-refractivity contribution in [3.8, 4) is 0 Å². The quantitative estimate of drug-likeness (QED) is 0.782. The van der Waals surface area contributed by atoms with Gasteiger partial charge in [0.1, 0.15) is 18.7 Å². The van der Waals surface area contributed by atoms with Crippen molar-refractivity contribution < 1.29 is 13.2 Å². The van der Waals surface area contributed by atoms with Gasteiger partial charge < -0.3 is 4.90 Å². The minimum Gasteiger partial charge on any atom is -0.350 e. The molecule has 7 heteroatoms. The SMILES string of the molecule is CN(CC(F)(F)F)c1ncncc1I. The van der Waals surface area contributed by atoms with Crippen LogP contribution in [0.4, 0.5) is 19.0 Å². The maximum Gasteiger partial charge on any atom is 0.405 e. The lowest BCUT2D eigenvalue weighted by molar-refractivity contribution is -0.119. The number of hydrogen-bond acceptors (Lipinski definition) is 3. The zero-order chi connectivity index (χ0) is 10.8. The van der Waals surface area contributed by atoms with E-state index in [4.69, 9.17) is 0 Å². The average molecular weight is 317 g/mol. The van der Waals surface area contributed by atoms with Crippen LogP contribution in [-0.2, 0) is 0 Å². The molecule has 0 fully saturated rings. The fourth-order valence-electron chi connectivity index (χ4n) is 0.931. The van der Waals surface area contributed by atoms with E-state index in [1.165, 1.54) is 19.6 Å². The second kappa shape index (κ2) is 4.28. The van der Waals surface area contributed by atoms with Crippen LogP contribution in [0.15, 0.2) is 12.5 Å². The van der Waals surface area contributed by atoms with Gasteiger partial charge in [-0.3, -0.25) is 0 Å². The summed E-state index contributed by atoms with van der Waals surface area (Å²) in [6.07, 6.45) is -1.52. The van der Waals surface area contributed by atoms with Gasteiger partial charge in [-0.2, -0.15) is 13.2 Å². The number of alkyl halides is 3. The first-order chi connectivity index (χ1) is 6.40. The third-order valence-electron chi connectivity index (χ3n) is 1.43. The normalized spacial score (nSPS) is 11.5. The van der Waals surface area contributed by atoms with Crippen molar-refractivity contribution in [3.05, 3.63) is 16.1 Å². The summed E-state index contributed by atoms with van der Waals surface area (Å²) in [4.78, 5) is 8.51. The molecule has 0 spiro atoms. The van der Waals surface area contributed by atoms with Gasteiger partial charge in [0.05, 0.1) is 3.57 Å². The second-order valence-electron chi connectivity index (χ2n) is 2.67. The average Bonchev–Trinajstić information content (AvgIpc) is 2.01. The summed E-state index contributed by atoms with van der Waals surface area (Å²) in [5, 5.41) is 0.